The molecule has 10 nitrogen and oxygen atoms in total. The lowest BCUT2D eigenvalue weighted by Gasteiger charge is -2.07. The summed E-state index contributed by atoms with van der Waals surface area (Å²) >= 11 is 2.91. The van der Waals surface area contributed by atoms with Crippen LogP contribution in [-0.2, 0) is 39.3 Å². The Morgan fingerprint density at radius 3 is 1.78 bits per heavy atom. The minimum Gasteiger partial charge on any atom is -0.454 e. The molecule has 0 aliphatic carbocycles. The molecule has 8 rings (SSSR count). The van der Waals surface area contributed by atoms with Gasteiger partial charge in [-0.25, -0.2) is 24.8 Å². The van der Waals surface area contributed by atoms with Crippen molar-refractivity contribution in [2.75, 3.05) is 13.6 Å². The van der Waals surface area contributed by atoms with Crippen molar-refractivity contribution in [3.05, 3.63) is 135 Å². The van der Waals surface area contributed by atoms with Crippen molar-refractivity contribution < 1.29 is 35.8 Å². The first-order valence-electron chi connectivity index (χ1n) is 15.1. The number of benzene rings is 2. The van der Waals surface area contributed by atoms with Crippen LogP contribution in [-0.4, -0.2) is 38.4 Å². The van der Waals surface area contributed by atoms with Crippen LogP contribution in [0.2, 0.25) is 0 Å². The summed E-state index contributed by atoms with van der Waals surface area (Å²) in [6.07, 6.45) is 12.0. The number of hydrogen-bond acceptors (Lipinski definition) is 10. The van der Waals surface area contributed by atoms with Crippen LogP contribution in [0.4, 0.5) is 0 Å². The Morgan fingerprint density at radius 2 is 1.14 bits per heavy atom. The van der Waals surface area contributed by atoms with E-state index in [-0.39, 0.29) is 13.6 Å². The molecular weight excluding hydrogens is 705 g/mol. The van der Waals surface area contributed by atoms with Crippen molar-refractivity contribution in [3.63, 3.8) is 0 Å². The van der Waals surface area contributed by atoms with E-state index in [9.17, 15) is 16.8 Å². The van der Waals surface area contributed by atoms with Gasteiger partial charge < -0.3 is 18.9 Å². The predicted molar refractivity (Wildman–Crippen MR) is 188 cm³/mol. The van der Waals surface area contributed by atoms with E-state index >= 15 is 0 Å². The van der Waals surface area contributed by atoms with Crippen molar-refractivity contribution >= 4 is 48.8 Å². The van der Waals surface area contributed by atoms with Gasteiger partial charge in [0.2, 0.25) is 13.6 Å². The third kappa shape index (κ3) is 7.04. The van der Waals surface area contributed by atoms with Crippen LogP contribution >= 0.6 is 22.7 Å². The molecule has 252 valence electrons. The van der Waals surface area contributed by atoms with Gasteiger partial charge in [-0.15, -0.1) is 22.7 Å². The van der Waals surface area contributed by atoms with Gasteiger partial charge in [0.25, 0.3) is 20.0 Å². The van der Waals surface area contributed by atoms with E-state index in [4.69, 9.17) is 18.9 Å². The van der Waals surface area contributed by atoms with Gasteiger partial charge in [0.1, 0.15) is 9.79 Å². The number of aromatic nitrogens is 2. The highest BCUT2D eigenvalue weighted by Gasteiger charge is 2.22. The third-order valence-electron chi connectivity index (χ3n) is 7.76. The zero-order valence-electron chi connectivity index (χ0n) is 25.9. The Hall–Kier alpha value is -4.76. The molecule has 2 aromatic carbocycles. The quantitative estimate of drug-likeness (QED) is 0.147. The van der Waals surface area contributed by atoms with Gasteiger partial charge in [0.15, 0.2) is 23.0 Å². The maximum absolute atomic E-state index is 12.7. The van der Waals surface area contributed by atoms with Crippen LogP contribution < -0.4 is 18.9 Å². The largest absolute Gasteiger partial charge is 0.454 e. The second-order valence-electron chi connectivity index (χ2n) is 10.9. The summed E-state index contributed by atoms with van der Waals surface area (Å²) in [5.41, 5.74) is 2.08. The van der Waals surface area contributed by atoms with Crippen LogP contribution in [0, 0.1) is 0 Å². The van der Waals surface area contributed by atoms with Crippen LogP contribution in [0.3, 0.4) is 0 Å². The SMILES string of the molecule is O=S(=O)(c1ccsc1C/C=C/c1ccc2c(c1)OCO2)n1cccc1.O=S(=O)(c1ccsc1CCc1ccc2c(c1)OCO2)n1cccc1. The molecule has 6 heterocycles. The molecule has 0 unspecified atom stereocenters. The van der Waals surface area contributed by atoms with Gasteiger partial charge in [-0.1, -0.05) is 24.3 Å². The van der Waals surface area contributed by atoms with Gasteiger partial charge >= 0.3 is 0 Å². The fourth-order valence-corrected chi connectivity index (χ4v) is 10.5. The van der Waals surface area contributed by atoms with E-state index in [1.807, 2.05) is 53.9 Å². The minimum absolute atomic E-state index is 0.248. The van der Waals surface area contributed by atoms with E-state index in [1.165, 1.54) is 30.6 Å². The molecule has 0 atom stereocenters. The predicted octanol–water partition coefficient (Wildman–Crippen LogP) is 7.07. The number of nitrogens with zero attached hydrogens (tertiary/aromatic N) is 2. The molecule has 0 saturated carbocycles. The molecule has 0 radical (unpaired) electrons. The summed E-state index contributed by atoms with van der Waals surface area (Å²) < 4.78 is 74.5. The molecule has 2 aliphatic rings. The second kappa shape index (κ2) is 14.0. The zero-order chi connectivity index (χ0) is 33.8. The maximum atomic E-state index is 12.7. The Kier molecular flexibility index (Phi) is 9.36. The van der Waals surface area contributed by atoms with Gasteiger partial charge in [0, 0.05) is 41.0 Å². The normalized spacial score (nSPS) is 13.5. The van der Waals surface area contributed by atoms with E-state index in [1.54, 1.807) is 66.6 Å². The molecule has 0 saturated heterocycles. The first-order chi connectivity index (χ1) is 23.8. The van der Waals surface area contributed by atoms with Gasteiger partial charge in [-0.05, 0) is 95.4 Å². The summed E-state index contributed by atoms with van der Waals surface area (Å²) in [7, 11) is -7.04. The molecule has 49 heavy (non-hydrogen) atoms. The highest BCUT2D eigenvalue weighted by Crippen LogP contribution is 2.34. The summed E-state index contributed by atoms with van der Waals surface area (Å²) in [5.74, 6) is 2.98. The number of aryl methyl sites for hydroxylation is 2. The monoisotopic (exact) mass is 734 g/mol. The van der Waals surface area contributed by atoms with Crippen LogP contribution in [0.1, 0.15) is 20.9 Å². The van der Waals surface area contributed by atoms with Gasteiger partial charge in [-0.2, -0.15) is 0 Å². The lowest BCUT2D eigenvalue weighted by molar-refractivity contribution is 0.173. The van der Waals surface area contributed by atoms with Gasteiger partial charge in [0.05, 0.1) is 0 Å². The Balaban J connectivity index is 0.000000154. The molecular formula is C35H30N2O8S4. The molecule has 2 aliphatic heterocycles. The lowest BCUT2D eigenvalue weighted by Crippen LogP contribution is -2.11. The Bertz CT molecular complexity index is 2300. The molecule has 6 aromatic rings. The summed E-state index contributed by atoms with van der Waals surface area (Å²) in [5, 5.41) is 3.63. The zero-order valence-corrected chi connectivity index (χ0v) is 29.1. The molecule has 0 fully saturated rings. The van der Waals surface area contributed by atoms with Crippen molar-refractivity contribution in [1.82, 2.24) is 7.94 Å². The molecule has 4 aromatic heterocycles. The third-order valence-corrected chi connectivity index (χ3v) is 13.4. The second-order valence-corrected chi connectivity index (χ2v) is 16.5. The molecule has 14 heteroatoms. The number of fused-ring (bicyclic) bond motifs is 2. The van der Waals surface area contributed by atoms with Crippen LogP contribution in [0.5, 0.6) is 23.0 Å². The highest BCUT2D eigenvalue weighted by molar-refractivity contribution is 7.90. The van der Waals surface area contributed by atoms with E-state index in [0.717, 1.165) is 50.3 Å². The van der Waals surface area contributed by atoms with E-state index < -0.39 is 20.0 Å². The Labute approximate surface area is 292 Å². The highest BCUT2D eigenvalue weighted by atomic mass is 32.2. The average molecular weight is 735 g/mol. The summed E-state index contributed by atoms with van der Waals surface area (Å²) in [6.45, 7) is 0.501. The van der Waals surface area contributed by atoms with Crippen LogP contribution in [0.25, 0.3) is 6.08 Å². The number of hydrogen-bond donors (Lipinski definition) is 0. The van der Waals surface area contributed by atoms with E-state index in [2.05, 4.69) is 0 Å². The number of rotatable bonds is 10. The first-order valence-corrected chi connectivity index (χ1v) is 19.8. The topological polar surface area (TPSA) is 115 Å². The minimum atomic E-state index is -3.53. The maximum Gasteiger partial charge on any atom is 0.268 e. The summed E-state index contributed by atoms with van der Waals surface area (Å²) in [4.78, 5) is 2.40. The molecule has 0 bridgehead atoms. The average Bonchev–Trinajstić information content (AvgIpc) is 3.95. The molecule has 0 amide bonds. The van der Waals surface area contributed by atoms with Crippen LogP contribution in [0.15, 0.2) is 124 Å². The van der Waals surface area contributed by atoms with Crippen molar-refractivity contribution in [1.29, 1.82) is 0 Å². The van der Waals surface area contributed by atoms with Crippen molar-refractivity contribution in [2.45, 2.75) is 29.1 Å². The fraction of sp³-hybridized carbons (Fsp3) is 0.143. The lowest BCUT2D eigenvalue weighted by atomic mass is 10.1. The van der Waals surface area contributed by atoms with Crippen molar-refractivity contribution in [2.24, 2.45) is 0 Å². The summed E-state index contributed by atoms with van der Waals surface area (Å²) in [6, 6.07) is 21.7. The fourth-order valence-electron chi connectivity index (χ4n) is 5.31. The first kappa shape index (κ1) is 32.8. The van der Waals surface area contributed by atoms with E-state index in [0.29, 0.717) is 22.6 Å². The molecule has 0 N–H and O–H groups in total. The standard InChI is InChI=1S/C18H15NO4S2.C17H15NO4S2/c20-25(21,19-9-1-2-10-19)18-8-11-24-17(18)5-3-4-14-6-7-15-16(12-14)23-13-22-15;19-24(20,18-8-1-2-9-18)17-7-10-23-16(17)6-4-13-3-5-14-15(11-13)22-12-21-14/h1-4,6-12H,5,13H2;1-3,5,7-11H,4,6,12H2/b4-3+;. The number of ether oxygens (including phenoxy) is 4. The van der Waals surface area contributed by atoms with Gasteiger partial charge in [-0.3, -0.25) is 0 Å². The number of allylic oxidation sites excluding steroid dienone is 1. The molecule has 0 spiro atoms. The van der Waals surface area contributed by atoms with Crippen molar-refractivity contribution in [3.8, 4) is 23.0 Å². The Morgan fingerprint density at radius 1 is 0.612 bits per heavy atom. The smallest absolute Gasteiger partial charge is 0.268 e. The number of thiophene rings is 2.